The molecule has 32 heavy (non-hydrogen) atoms. The number of carbonyl (C=O) groups is 1. The number of ether oxygens (including phenoxy) is 2. The smallest absolute Gasteiger partial charge is 0.416 e. The van der Waals surface area contributed by atoms with Crippen LogP contribution in [0.15, 0.2) is 52.3 Å². The third kappa shape index (κ3) is 6.00. The summed E-state index contributed by atoms with van der Waals surface area (Å²) in [5.41, 5.74) is -0.929. The fraction of sp³-hybridized carbons (Fsp3) is 0.350. The molecule has 2 aromatic rings. The average molecular weight is 494 g/mol. The normalized spacial score (nSPS) is 15.5. The molecule has 0 aromatic heterocycles. The molecule has 0 unspecified atom stereocenters. The van der Waals surface area contributed by atoms with Crippen LogP contribution < -0.4 is 0 Å². The Morgan fingerprint density at radius 3 is 2.53 bits per heavy atom. The van der Waals surface area contributed by atoms with E-state index in [9.17, 15) is 30.8 Å². The second kappa shape index (κ2) is 10.2. The average Bonchev–Trinajstić information content (AvgIpc) is 2.77. The monoisotopic (exact) mass is 493 g/mol. The molecule has 12 heteroatoms. The zero-order valence-electron chi connectivity index (χ0n) is 16.6. The Hall–Kier alpha value is -2.15. The van der Waals surface area contributed by atoms with Crippen molar-refractivity contribution in [2.24, 2.45) is 0 Å². The number of sulfonamides is 1. The maximum absolute atomic E-state index is 14.2. The molecule has 3 rings (SSSR count). The molecule has 0 spiro atoms. The van der Waals surface area contributed by atoms with E-state index in [1.54, 1.807) is 0 Å². The highest BCUT2D eigenvalue weighted by Crippen LogP contribution is 2.31. The van der Waals surface area contributed by atoms with Crippen molar-refractivity contribution in [3.8, 4) is 0 Å². The highest BCUT2D eigenvalue weighted by atomic mass is 32.2. The van der Waals surface area contributed by atoms with Crippen LogP contribution in [0.5, 0.6) is 0 Å². The summed E-state index contributed by atoms with van der Waals surface area (Å²) in [6.45, 7) is 0.382. The predicted molar refractivity (Wildman–Crippen MR) is 108 cm³/mol. The quantitative estimate of drug-likeness (QED) is 0.253. The van der Waals surface area contributed by atoms with Crippen molar-refractivity contribution in [2.75, 3.05) is 38.7 Å². The molecule has 0 amide bonds. The number of alkyl halides is 3. The number of carbonyl (C=O) groups excluding carboxylic acids is 1. The second-order valence-corrected chi connectivity index (χ2v) is 9.75. The molecular formula is C20H19F4NO5S2. The van der Waals surface area contributed by atoms with Crippen LogP contribution in [0.1, 0.15) is 15.9 Å². The van der Waals surface area contributed by atoms with Crippen LogP contribution in [-0.4, -0.2) is 57.4 Å². The van der Waals surface area contributed by atoms with E-state index in [1.807, 2.05) is 0 Å². The first-order chi connectivity index (χ1) is 15.1. The summed E-state index contributed by atoms with van der Waals surface area (Å²) in [5, 5.41) is 0. The molecule has 0 saturated carbocycles. The summed E-state index contributed by atoms with van der Waals surface area (Å²) in [4.78, 5) is 12.0. The van der Waals surface area contributed by atoms with Gasteiger partial charge in [0.15, 0.2) is 0 Å². The van der Waals surface area contributed by atoms with Gasteiger partial charge in [0.1, 0.15) is 17.3 Å². The van der Waals surface area contributed by atoms with Gasteiger partial charge in [0.2, 0.25) is 10.0 Å². The topological polar surface area (TPSA) is 72.9 Å². The number of morpholine rings is 1. The van der Waals surface area contributed by atoms with Crippen molar-refractivity contribution >= 4 is 27.8 Å². The summed E-state index contributed by atoms with van der Waals surface area (Å²) in [6.07, 6.45) is -4.45. The van der Waals surface area contributed by atoms with Gasteiger partial charge in [-0.25, -0.2) is 17.6 Å². The van der Waals surface area contributed by atoms with E-state index < -0.39 is 38.4 Å². The Labute approximate surface area is 186 Å². The zero-order valence-corrected chi connectivity index (χ0v) is 18.2. The van der Waals surface area contributed by atoms with Gasteiger partial charge in [-0.3, -0.25) is 0 Å². The largest absolute Gasteiger partial charge is 0.461 e. The number of hydrogen-bond donors (Lipinski definition) is 0. The number of esters is 1. The molecule has 2 aromatic carbocycles. The third-order valence-electron chi connectivity index (χ3n) is 4.50. The van der Waals surface area contributed by atoms with Crippen molar-refractivity contribution in [3.05, 3.63) is 59.4 Å². The van der Waals surface area contributed by atoms with Gasteiger partial charge in [-0.15, -0.1) is 11.8 Å². The number of nitrogens with zero attached hydrogens (tertiary/aromatic N) is 1. The van der Waals surface area contributed by atoms with E-state index in [2.05, 4.69) is 0 Å². The van der Waals surface area contributed by atoms with E-state index in [0.717, 1.165) is 46.4 Å². The molecule has 0 aliphatic carbocycles. The van der Waals surface area contributed by atoms with Crippen molar-refractivity contribution < 1.29 is 40.2 Å². The Morgan fingerprint density at radius 1 is 1.12 bits per heavy atom. The van der Waals surface area contributed by atoms with Gasteiger partial charge < -0.3 is 9.47 Å². The van der Waals surface area contributed by atoms with Gasteiger partial charge in [0.05, 0.1) is 24.3 Å². The molecule has 1 aliphatic heterocycles. The second-order valence-electron chi connectivity index (χ2n) is 6.67. The lowest BCUT2D eigenvalue weighted by molar-refractivity contribution is -0.137. The third-order valence-corrected chi connectivity index (χ3v) is 7.37. The van der Waals surface area contributed by atoms with Gasteiger partial charge >= 0.3 is 12.1 Å². The maximum atomic E-state index is 14.2. The number of halogens is 4. The van der Waals surface area contributed by atoms with Gasteiger partial charge in [-0.2, -0.15) is 17.5 Å². The summed E-state index contributed by atoms with van der Waals surface area (Å²) in [7, 11) is -4.15. The standard InChI is InChI=1S/C20H19F4NO5S2/c21-17-5-4-14(12-18(17)32(27,28)25-6-8-29-9-7-25)19(26)30-10-11-31-16-3-1-2-15(13-16)20(22,23)24/h1-5,12-13H,6-11H2. The van der Waals surface area contributed by atoms with E-state index in [0.29, 0.717) is 4.90 Å². The minimum Gasteiger partial charge on any atom is -0.461 e. The molecule has 0 atom stereocenters. The number of rotatable bonds is 7. The first kappa shape index (κ1) is 24.5. The van der Waals surface area contributed by atoms with Crippen LogP contribution in [-0.2, 0) is 25.7 Å². The Kier molecular flexibility index (Phi) is 7.80. The van der Waals surface area contributed by atoms with Crippen LogP contribution in [0.3, 0.4) is 0 Å². The molecule has 1 heterocycles. The van der Waals surface area contributed by atoms with Crippen LogP contribution >= 0.6 is 11.8 Å². The lowest BCUT2D eigenvalue weighted by atomic mass is 10.2. The lowest BCUT2D eigenvalue weighted by Crippen LogP contribution is -2.41. The van der Waals surface area contributed by atoms with Crippen LogP contribution in [0.4, 0.5) is 17.6 Å². The first-order valence-electron chi connectivity index (χ1n) is 9.43. The van der Waals surface area contributed by atoms with Crippen LogP contribution in [0.2, 0.25) is 0 Å². The van der Waals surface area contributed by atoms with E-state index in [1.165, 1.54) is 12.1 Å². The summed E-state index contributed by atoms with van der Waals surface area (Å²) in [5.74, 6) is -1.69. The molecule has 1 aliphatic rings. The zero-order chi connectivity index (χ0) is 23.4. The van der Waals surface area contributed by atoms with Crippen molar-refractivity contribution in [1.82, 2.24) is 4.31 Å². The Bertz CT molecular complexity index is 1070. The van der Waals surface area contributed by atoms with E-state index >= 15 is 0 Å². The summed E-state index contributed by atoms with van der Waals surface area (Å²) >= 11 is 1.06. The summed E-state index contributed by atoms with van der Waals surface area (Å²) in [6, 6.07) is 7.65. The number of hydrogen-bond acceptors (Lipinski definition) is 6. The minimum absolute atomic E-state index is 0.0726. The van der Waals surface area contributed by atoms with Crippen LogP contribution in [0.25, 0.3) is 0 Å². The fourth-order valence-corrected chi connectivity index (χ4v) is 5.18. The van der Waals surface area contributed by atoms with E-state index in [4.69, 9.17) is 9.47 Å². The molecule has 1 fully saturated rings. The van der Waals surface area contributed by atoms with Crippen LogP contribution in [0, 0.1) is 5.82 Å². The molecule has 174 valence electrons. The first-order valence-corrected chi connectivity index (χ1v) is 11.9. The fourth-order valence-electron chi connectivity index (χ4n) is 2.89. The SMILES string of the molecule is O=C(OCCSc1cccc(C(F)(F)F)c1)c1ccc(F)c(S(=O)(=O)N2CCOCC2)c1. The highest BCUT2D eigenvalue weighted by molar-refractivity contribution is 7.99. The summed E-state index contributed by atoms with van der Waals surface area (Å²) < 4.78 is 89.1. The number of thioether (sulfide) groups is 1. The minimum atomic E-state index is -4.45. The van der Waals surface area contributed by atoms with Gasteiger partial charge in [0, 0.05) is 23.7 Å². The van der Waals surface area contributed by atoms with E-state index in [-0.39, 0.29) is 44.2 Å². The van der Waals surface area contributed by atoms with Gasteiger partial charge in [-0.05, 0) is 36.4 Å². The molecular weight excluding hydrogens is 474 g/mol. The lowest BCUT2D eigenvalue weighted by Gasteiger charge is -2.26. The molecule has 0 bridgehead atoms. The Balaban J connectivity index is 1.61. The highest BCUT2D eigenvalue weighted by Gasteiger charge is 2.31. The van der Waals surface area contributed by atoms with Gasteiger partial charge in [0.25, 0.3) is 0 Å². The van der Waals surface area contributed by atoms with Crippen molar-refractivity contribution in [2.45, 2.75) is 16.0 Å². The molecule has 6 nitrogen and oxygen atoms in total. The Morgan fingerprint density at radius 2 is 1.84 bits per heavy atom. The predicted octanol–water partition coefficient (Wildman–Crippen LogP) is 3.81. The van der Waals surface area contributed by atoms with Crippen molar-refractivity contribution in [3.63, 3.8) is 0 Å². The molecule has 1 saturated heterocycles. The molecule has 0 radical (unpaired) electrons. The molecule has 0 N–H and O–H groups in total. The van der Waals surface area contributed by atoms with Crippen molar-refractivity contribution in [1.29, 1.82) is 0 Å². The maximum Gasteiger partial charge on any atom is 0.416 e. The van der Waals surface area contributed by atoms with Gasteiger partial charge in [-0.1, -0.05) is 6.07 Å². The number of benzene rings is 2.